The molecule has 1 aliphatic carbocycles. The van der Waals surface area contributed by atoms with Crippen molar-refractivity contribution in [3.63, 3.8) is 0 Å². The molecule has 0 spiro atoms. The lowest BCUT2D eigenvalue weighted by molar-refractivity contribution is 0.0859. The normalized spacial score (nSPS) is 22.2. The van der Waals surface area contributed by atoms with Gasteiger partial charge in [-0.25, -0.2) is 4.98 Å². The quantitative estimate of drug-likeness (QED) is 0.326. The minimum Gasteiger partial charge on any atom is -0.386 e. The van der Waals surface area contributed by atoms with Gasteiger partial charge in [0.15, 0.2) is 5.82 Å². The van der Waals surface area contributed by atoms with Crippen molar-refractivity contribution < 1.29 is 5.11 Å². The third-order valence-corrected chi connectivity index (χ3v) is 6.29. The van der Waals surface area contributed by atoms with Crippen LogP contribution < -0.4 is 10.6 Å². The molecule has 4 rings (SSSR count). The molecule has 0 saturated heterocycles. The Kier molecular flexibility index (Phi) is 6.98. The predicted octanol–water partition coefficient (Wildman–Crippen LogP) is 4.14. The van der Waals surface area contributed by atoms with E-state index >= 15 is 0 Å². The Labute approximate surface area is 188 Å². The summed E-state index contributed by atoms with van der Waals surface area (Å²) < 4.78 is 0. The number of nitrogens with zero attached hydrogens (tertiary/aromatic N) is 4. The number of nitriles is 1. The average Bonchev–Trinajstić information content (AvgIpc) is 3.10. The van der Waals surface area contributed by atoms with E-state index in [1.165, 1.54) is 0 Å². The number of H-pyrrole nitrogens is 1. The highest BCUT2D eigenvalue weighted by atomic mass is 16.3. The number of aromatic amines is 1. The largest absolute Gasteiger partial charge is 0.386 e. The first-order valence-electron chi connectivity index (χ1n) is 11.4. The van der Waals surface area contributed by atoms with Crippen LogP contribution in [0.5, 0.6) is 0 Å². The molecule has 0 bridgehead atoms. The molecular formula is C24H31N7O. The Morgan fingerprint density at radius 3 is 2.94 bits per heavy atom. The van der Waals surface area contributed by atoms with E-state index in [9.17, 15) is 5.11 Å². The SMILES string of the molecule is Cc1cc(Nc2cc3ncccc3c(C(O)[C@H]3C[C@@H](C)CC[C@@H](NCCC#N)C3)n2)n[nH]1. The van der Waals surface area contributed by atoms with Crippen molar-refractivity contribution in [3.8, 4) is 6.07 Å². The van der Waals surface area contributed by atoms with Gasteiger partial charge >= 0.3 is 0 Å². The Bertz CT molecular complexity index is 1090. The summed E-state index contributed by atoms with van der Waals surface area (Å²) in [4.78, 5) is 9.33. The summed E-state index contributed by atoms with van der Waals surface area (Å²) in [7, 11) is 0. The average molecular weight is 434 g/mol. The molecule has 1 aliphatic rings. The maximum atomic E-state index is 11.6. The van der Waals surface area contributed by atoms with Crippen LogP contribution in [-0.4, -0.2) is 37.9 Å². The van der Waals surface area contributed by atoms with Crippen molar-refractivity contribution in [2.45, 2.75) is 58.1 Å². The molecule has 4 atom stereocenters. The van der Waals surface area contributed by atoms with Crippen LogP contribution in [0.3, 0.4) is 0 Å². The van der Waals surface area contributed by atoms with Gasteiger partial charge < -0.3 is 15.7 Å². The number of aryl methyl sites for hydroxylation is 1. The lowest BCUT2D eigenvalue weighted by atomic mass is 9.86. The third-order valence-electron chi connectivity index (χ3n) is 6.29. The molecule has 0 aliphatic heterocycles. The Morgan fingerprint density at radius 1 is 1.28 bits per heavy atom. The van der Waals surface area contributed by atoms with E-state index in [2.05, 4.69) is 38.8 Å². The summed E-state index contributed by atoms with van der Waals surface area (Å²) in [5.41, 5.74) is 2.39. The van der Waals surface area contributed by atoms with Gasteiger partial charge in [0, 0.05) is 48.4 Å². The van der Waals surface area contributed by atoms with Crippen LogP contribution in [0.4, 0.5) is 11.6 Å². The second kappa shape index (κ2) is 10.1. The first-order chi connectivity index (χ1) is 15.5. The highest BCUT2D eigenvalue weighted by Crippen LogP contribution is 2.38. The molecule has 168 valence electrons. The number of aromatic nitrogens is 4. The van der Waals surface area contributed by atoms with Crippen LogP contribution in [0, 0.1) is 30.1 Å². The molecule has 1 fully saturated rings. The first-order valence-corrected chi connectivity index (χ1v) is 11.4. The molecule has 0 aromatic carbocycles. The second-order valence-electron chi connectivity index (χ2n) is 8.94. The highest BCUT2D eigenvalue weighted by molar-refractivity contribution is 5.84. The van der Waals surface area contributed by atoms with Gasteiger partial charge in [-0.15, -0.1) is 0 Å². The van der Waals surface area contributed by atoms with E-state index in [0.717, 1.165) is 42.3 Å². The van der Waals surface area contributed by atoms with Gasteiger partial charge in [0.25, 0.3) is 0 Å². The van der Waals surface area contributed by atoms with Crippen molar-refractivity contribution in [2.75, 3.05) is 11.9 Å². The summed E-state index contributed by atoms with van der Waals surface area (Å²) in [6.07, 6.45) is 5.52. The topological polar surface area (TPSA) is 123 Å². The van der Waals surface area contributed by atoms with Crippen molar-refractivity contribution in [1.82, 2.24) is 25.5 Å². The Hall–Kier alpha value is -3.02. The predicted molar refractivity (Wildman–Crippen MR) is 124 cm³/mol. The molecule has 1 saturated carbocycles. The van der Waals surface area contributed by atoms with Crippen LogP contribution in [0.2, 0.25) is 0 Å². The fraction of sp³-hybridized carbons (Fsp3) is 0.500. The number of hydrogen-bond acceptors (Lipinski definition) is 7. The fourth-order valence-corrected chi connectivity index (χ4v) is 4.70. The smallest absolute Gasteiger partial charge is 0.153 e. The minimum atomic E-state index is -0.704. The van der Waals surface area contributed by atoms with Gasteiger partial charge in [0.2, 0.25) is 0 Å². The molecule has 4 N–H and O–H groups in total. The Morgan fingerprint density at radius 2 is 2.16 bits per heavy atom. The number of rotatable bonds is 7. The Balaban J connectivity index is 1.63. The molecule has 32 heavy (non-hydrogen) atoms. The number of fused-ring (bicyclic) bond motifs is 1. The summed E-state index contributed by atoms with van der Waals surface area (Å²) in [6.45, 7) is 4.88. The zero-order valence-corrected chi connectivity index (χ0v) is 18.7. The van der Waals surface area contributed by atoms with Crippen molar-refractivity contribution >= 4 is 22.5 Å². The van der Waals surface area contributed by atoms with Crippen LogP contribution >= 0.6 is 0 Å². The van der Waals surface area contributed by atoms with E-state index in [-0.39, 0.29) is 5.92 Å². The molecule has 0 radical (unpaired) electrons. The van der Waals surface area contributed by atoms with Crippen LogP contribution in [0.1, 0.15) is 56.5 Å². The lowest BCUT2D eigenvalue weighted by Crippen LogP contribution is -2.32. The molecule has 3 heterocycles. The number of aliphatic hydroxyl groups is 1. The first kappa shape index (κ1) is 22.2. The monoisotopic (exact) mass is 433 g/mol. The van der Waals surface area contributed by atoms with Gasteiger partial charge in [0.05, 0.1) is 23.4 Å². The van der Waals surface area contributed by atoms with E-state index in [1.807, 2.05) is 31.2 Å². The van der Waals surface area contributed by atoms with Crippen molar-refractivity contribution in [1.29, 1.82) is 5.26 Å². The van der Waals surface area contributed by atoms with Gasteiger partial charge in [0.1, 0.15) is 5.82 Å². The third kappa shape index (κ3) is 5.23. The van der Waals surface area contributed by atoms with E-state index in [1.54, 1.807) is 6.20 Å². The van der Waals surface area contributed by atoms with Crippen molar-refractivity contribution in [3.05, 3.63) is 41.9 Å². The van der Waals surface area contributed by atoms with E-state index in [4.69, 9.17) is 10.2 Å². The van der Waals surface area contributed by atoms with Crippen LogP contribution in [0.15, 0.2) is 30.5 Å². The summed E-state index contributed by atoms with van der Waals surface area (Å²) in [5, 5.41) is 35.2. The summed E-state index contributed by atoms with van der Waals surface area (Å²) >= 11 is 0. The van der Waals surface area contributed by atoms with Crippen molar-refractivity contribution in [2.24, 2.45) is 11.8 Å². The zero-order valence-electron chi connectivity index (χ0n) is 18.7. The number of aliphatic hydroxyl groups excluding tert-OH is 1. The molecular weight excluding hydrogens is 402 g/mol. The number of pyridine rings is 2. The number of hydrogen-bond donors (Lipinski definition) is 4. The minimum absolute atomic E-state index is 0.0749. The summed E-state index contributed by atoms with van der Waals surface area (Å²) in [6, 6.07) is 10.1. The summed E-state index contributed by atoms with van der Waals surface area (Å²) in [5.74, 6) is 1.89. The molecule has 3 aromatic rings. The van der Waals surface area contributed by atoms with Crippen LogP contribution in [0.25, 0.3) is 10.9 Å². The number of nitrogens with one attached hydrogen (secondary N) is 3. The van der Waals surface area contributed by atoms with Crippen LogP contribution in [-0.2, 0) is 0 Å². The van der Waals surface area contributed by atoms with E-state index < -0.39 is 6.10 Å². The number of anilines is 2. The molecule has 8 heteroatoms. The van der Waals surface area contributed by atoms with Gasteiger partial charge in [-0.3, -0.25) is 10.1 Å². The fourth-order valence-electron chi connectivity index (χ4n) is 4.70. The van der Waals surface area contributed by atoms with Gasteiger partial charge in [-0.2, -0.15) is 10.4 Å². The molecule has 1 unspecified atom stereocenters. The highest BCUT2D eigenvalue weighted by Gasteiger charge is 2.31. The van der Waals surface area contributed by atoms with Gasteiger partial charge in [-0.05, 0) is 56.6 Å². The van der Waals surface area contributed by atoms with E-state index in [0.29, 0.717) is 42.3 Å². The molecule has 8 nitrogen and oxygen atoms in total. The zero-order chi connectivity index (χ0) is 22.5. The molecule has 3 aromatic heterocycles. The maximum absolute atomic E-state index is 11.6. The standard InChI is InChI=1S/C24H31N7O/c1-15-6-7-18(26-10-4-8-25)13-17(11-15)24(32)23-19-5-3-9-27-20(19)14-21(29-23)28-22-12-16(2)30-31-22/h3,5,9,12,14-15,17-18,24,26,32H,4,6-7,10-11,13H2,1-2H3,(H2,28,29,30,31)/t15-,17-,18+,24?/m0/s1. The maximum Gasteiger partial charge on any atom is 0.153 e. The van der Waals surface area contributed by atoms with Gasteiger partial charge in [-0.1, -0.05) is 6.92 Å². The second-order valence-corrected chi connectivity index (χ2v) is 8.94. The molecule has 0 amide bonds. The lowest BCUT2D eigenvalue weighted by Gasteiger charge is -2.26.